The molecule has 3 N–H and O–H groups in total. The normalized spacial score (nSPS) is 12.2. The molecule has 0 spiro atoms. The minimum absolute atomic E-state index is 0.0132. The quantitative estimate of drug-likeness (QED) is 0.847. The predicted molar refractivity (Wildman–Crippen MR) is 80.4 cm³/mol. The van der Waals surface area contributed by atoms with Gasteiger partial charge in [0.15, 0.2) is 5.82 Å². The number of anilines is 1. The lowest BCUT2D eigenvalue weighted by molar-refractivity contribution is 0.719. The number of hydrogen-bond donors (Lipinski definition) is 2. The number of nitrogens with one attached hydrogen (secondary N) is 1. The zero-order chi connectivity index (χ0) is 14.0. The van der Waals surface area contributed by atoms with Gasteiger partial charge in [-0.15, -0.1) is 10.2 Å². The molecule has 0 aliphatic heterocycles. The maximum atomic E-state index is 6.12. The molecule has 1 aromatic carbocycles. The standard InChI is InChI=1S/C12H14ClN5S/c1-7(12-17-15-6-18(12)2)16-8-3-4-9(11(14)19)10(13)5-8/h3-7,16H,1-2H3,(H2,14,19). The Bertz CT molecular complexity index is 610. The lowest BCUT2D eigenvalue weighted by Crippen LogP contribution is -2.13. The molecule has 0 aliphatic carbocycles. The molecule has 0 bridgehead atoms. The van der Waals surface area contributed by atoms with Crippen LogP contribution < -0.4 is 11.1 Å². The van der Waals surface area contributed by atoms with E-state index in [0.29, 0.717) is 10.6 Å². The van der Waals surface area contributed by atoms with Gasteiger partial charge in [0.2, 0.25) is 0 Å². The highest BCUT2D eigenvalue weighted by atomic mass is 35.5. The fraction of sp³-hybridized carbons (Fsp3) is 0.250. The van der Waals surface area contributed by atoms with Gasteiger partial charge in [-0.1, -0.05) is 23.8 Å². The molecule has 0 radical (unpaired) electrons. The SMILES string of the molecule is CC(Nc1ccc(C(N)=S)c(Cl)c1)c1nncn1C. The first-order valence-electron chi connectivity index (χ1n) is 5.69. The van der Waals surface area contributed by atoms with Gasteiger partial charge in [0.05, 0.1) is 11.1 Å². The van der Waals surface area contributed by atoms with Gasteiger partial charge in [-0.25, -0.2) is 0 Å². The Balaban J connectivity index is 2.18. The number of rotatable bonds is 4. The summed E-state index contributed by atoms with van der Waals surface area (Å²) in [5, 5.41) is 11.7. The van der Waals surface area contributed by atoms with Gasteiger partial charge >= 0.3 is 0 Å². The maximum absolute atomic E-state index is 6.12. The third-order valence-electron chi connectivity index (χ3n) is 2.75. The number of aryl methyl sites for hydroxylation is 1. The van der Waals surface area contributed by atoms with Gasteiger partial charge in [0.1, 0.15) is 11.3 Å². The van der Waals surface area contributed by atoms with Crippen molar-refractivity contribution in [2.45, 2.75) is 13.0 Å². The molecule has 7 heteroatoms. The molecule has 1 atom stereocenters. The molecule has 1 heterocycles. The van der Waals surface area contributed by atoms with E-state index in [-0.39, 0.29) is 11.0 Å². The summed E-state index contributed by atoms with van der Waals surface area (Å²) in [4.78, 5) is 0.290. The van der Waals surface area contributed by atoms with Crippen molar-refractivity contribution in [3.05, 3.63) is 40.9 Å². The second-order valence-corrected chi connectivity index (χ2v) is 5.07. The van der Waals surface area contributed by atoms with Crippen LogP contribution in [0.1, 0.15) is 24.4 Å². The van der Waals surface area contributed by atoms with Crippen LogP contribution in [0, 0.1) is 0 Å². The first kappa shape index (κ1) is 13.8. The van der Waals surface area contributed by atoms with E-state index in [2.05, 4.69) is 15.5 Å². The largest absolute Gasteiger partial charge is 0.389 e. The topological polar surface area (TPSA) is 68.8 Å². The van der Waals surface area contributed by atoms with E-state index >= 15 is 0 Å². The fourth-order valence-corrected chi connectivity index (χ4v) is 2.32. The van der Waals surface area contributed by atoms with Crippen LogP contribution in [0.25, 0.3) is 0 Å². The molecule has 19 heavy (non-hydrogen) atoms. The van der Waals surface area contributed by atoms with Crippen molar-refractivity contribution in [3.63, 3.8) is 0 Å². The van der Waals surface area contributed by atoms with Crippen molar-refractivity contribution in [1.29, 1.82) is 0 Å². The molecule has 2 aromatic rings. The first-order valence-corrected chi connectivity index (χ1v) is 6.47. The van der Waals surface area contributed by atoms with Gasteiger partial charge in [-0.3, -0.25) is 0 Å². The summed E-state index contributed by atoms with van der Waals surface area (Å²) in [6.07, 6.45) is 1.66. The molecule has 0 fully saturated rings. The second-order valence-electron chi connectivity index (χ2n) is 4.22. The number of halogens is 1. The Morgan fingerprint density at radius 2 is 2.26 bits per heavy atom. The molecule has 1 unspecified atom stereocenters. The number of hydrogen-bond acceptors (Lipinski definition) is 4. The van der Waals surface area contributed by atoms with E-state index in [1.165, 1.54) is 0 Å². The molecule has 0 saturated heterocycles. The zero-order valence-corrected chi connectivity index (χ0v) is 12.2. The van der Waals surface area contributed by atoms with Crippen LogP contribution in [0.4, 0.5) is 5.69 Å². The summed E-state index contributed by atoms with van der Waals surface area (Å²) in [5.41, 5.74) is 7.12. The van der Waals surface area contributed by atoms with Crippen LogP contribution in [-0.2, 0) is 7.05 Å². The highest BCUT2D eigenvalue weighted by molar-refractivity contribution is 7.80. The fourth-order valence-electron chi connectivity index (χ4n) is 1.80. The zero-order valence-electron chi connectivity index (χ0n) is 10.6. The minimum Gasteiger partial charge on any atom is -0.389 e. The summed E-state index contributed by atoms with van der Waals surface area (Å²) in [6, 6.07) is 5.49. The van der Waals surface area contributed by atoms with Crippen LogP contribution in [-0.4, -0.2) is 19.8 Å². The highest BCUT2D eigenvalue weighted by Crippen LogP contribution is 2.23. The number of aromatic nitrogens is 3. The Labute approximate surface area is 121 Å². The monoisotopic (exact) mass is 295 g/mol. The highest BCUT2D eigenvalue weighted by Gasteiger charge is 2.12. The van der Waals surface area contributed by atoms with Crippen LogP contribution in [0.2, 0.25) is 5.02 Å². The van der Waals surface area contributed by atoms with Crippen molar-refractivity contribution in [1.82, 2.24) is 14.8 Å². The van der Waals surface area contributed by atoms with Crippen molar-refractivity contribution in [3.8, 4) is 0 Å². The van der Waals surface area contributed by atoms with Crippen molar-refractivity contribution < 1.29 is 0 Å². The molecule has 2 rings (SSSR count). The van der Waals surface area contributed by atoms with Gasteiger partial charge in [-0.2, -0.15) is 0 Å². The molecule has 100 valence electrons. The molecular weight excluding hydrogens is 282 g/mol. The smallest absolute Gasteiger partial charge is 0.154 e. The molecule has 5 nitrogen and oxygen atoms in total. The van der Waals surface area contributed by atoms with E-state index in [1.54, 1.807) is 18.5 Å². The molecule has 0 amide bonds. The molecule has 1 aromatic heterocycles. The van der Waals surface area contributed by atoms with E-state index in [0.717, 1.165) is 11.5 Å². The van der Waals surface area contributed by atoms with Gasteiger partial charge < -0.3 is 15.6 Å². The molecular formula is C12H14ClN5S. The second kappa shape index (κ2) is 5.54. The average molecular weight is 296 g/mol. The minimum atomic E-state index is 0.0132. The van der Waals surface area contributed by atoms with E-state index in [9.17, 15) is 0 Å². The van der Waals surface area contributed by atoms with E-state index in [1.807, 2.05) is 24.6 Å². The average Bonchev–Trinajstić information content (AvgIpc) is 2.75. The predicted octanol–water partition coefficient (Wildman–Crippen LogP) is 2.28. The number of benzene rings is 1. The van der Waals surface area contributed by atoms with Crippen LogP contribution in [0.3, 0.4) is 0 Å². The summed E-state index contributed by atoms with van der Waals surface area (Å²) in [7, 11) is 1.90. The Kier molecular flexibility index (Phi) is 4.01. The Morgan fingerprint density at radius 1 is 1.53 bits per heavy atom. The van der Waals surface area contributed by atoms with Crippen LogP contribution in [0.5, 0.6) is 0 Å². The van der Waals surface area contributed by atoms with Crippen LogP contribution in [0.15, 0.2) is 24.5 Å². The summed E-state index contributed by atoms with van der Waals surface area (Å²) >= 11 is 11.0. The molecule has 0 saturated carbocycles. The van der Waals surface area contributed by atoms with E-state index in [4.69, 9.17) is 29.6 Å². The van der Waals surface area contributed by atoms with Gasteiger partial charge in [0.25, 0.3) is 0 Å². The number of nitrogens with two attached hydrogens (primary N) is 1. The first-order chi connectivity index (χ1) is 8.99. The van der Waals surface area contributed by atoms with Gasteiger partial charge in [0, 0.05) is 18.3 Å². The number of nitrogens with zero attached hydrogens (tertiary/aromatic N) is 3. The maximum Gasteiger partial charge on any atom is 0.154 e. The molecule has 0 aliphatic rings. The third kappa shape index (κ3) is 3.02. The van der Waals surface area contributed by atoms with Crippen molar-refractivity contribution in [2.24, 2.45) is 12.8 Å². The summed E-state index contributed by atoms with van der Waals surface area (Å²) in [6.45, 7) is 2.00. The lowest BCUT2D eigenvalue weighted by Gasteiger charge is -2.15. The van der Waals surface area contributed by atoms with Crippen molar-refractivity contribution in [2.75, 3.05) is 5.32 Å². The van der Waals surface area contributed by atoms with Crippen molar-refractivity contribution >= 4 is 34.5 Å². The Morgan fingerprint density at radius 3 is 2.79 bits per heavy atom. The Hall–Kier alpha value is -1.66. The summed E-state index contributed by atoms with van der Waals surface area (Å²) < 4.78 is 1.86. The van der Waals surface area contributed by atoms with Gasteiger partial charge in [-0.05, 0) is 25.1 Å². The number of thiocarbonyl (C=S) groups is 1. The van der Waals surface area contributed by atoms with Crippen LogP contribution >= 0.6 is 23.8 Å². The summed E-state index contributed by atoms with van der Waals surface area (Å²) in [5.74, 6) is 0.842. The third-order valence-corrected chi connectivity index (χ3v) is 3.28. The van der Waals surface area contributed by atoms with E-state index < -0.39 is 0 Å². The lowest BCUT2D eigenvalue weighted by atomic mass is 10.2.